The van der Waals surface area contributed by atoms with Crippen LogP contribution in [0.15, 0.2) is 43.0 Å². The van der Waals surface area contributed by atoms with E-state index in [1.165, 1.54) is 33.5 Å². The van der Waals surface area contributed by atoms with Crippen molar-refractivity contribution in [3.05, 3.63) is 70.8 Å². The summed E-state index contributed by atoms with van der Waals surface area (Å²) in [6.45, 7) is 20.1. The van der Waals surface area contributed by atoms with E-state index in [-0.39, 0.29) is 11.0 Å². The maximum absolute atomic E-state index is 4.43. The average Bonchev–Trinajstić information content (AvgIpc) is 2.48. The highest BCUT2D eigenvalue weighted by Crippen LogP contribution is 2.52. The number of anilines is 1. The fraction of sp³-hybridized carbons (Fsp3) is 0.391. The standard InChI is InChI=1S/C23H29N/c1-15-9-10-18(13-16(15)2)17(3)24-21-14-19(22(4,5)6)11-12-20(21)23(24,7)8/h9-14H,3H2,1-2,4-8H3. The Bertz CT molecular complexity index is 818. The van der Waals surface area contributed by atoms with Gasteiger partial charge in [-0.25, -0.2) is 0 Å². The zero-order valence-corrected chi connectivity index (χ0v) is 16.1. The van der Waals surface area contributed by atoms with E-state index in [1.54, 1.807) is 0 Å². The second-order valence-electron chi connectivity index (χ2n) is 8.62. The van der Waals surface area contributed by atoms with Crippen molar-refractivity contribution in [2.45, 2.75) is 59.4 Å². The van der Waals surface area contributed by atoms with E-state index < -0.39 is 0 Å². The maximum Gasteiger partial charge on any atom is 0.0666 e. The monoisotopic (exact) mass is 319 g/mol. The zero-order valence-electron chi connectivity index (χ0n) is 16.1. The molecule has 0 amide bonds. The van der Waals surface area contributed by atoms with Crippen molar-refractivity contribution >= 4 is 11.4 Å². The van der Waals surface area contributed by atoms with Crippen molar-refractivity contribution < 1.29 is 0 Å². The Kier molecular flexibility index (Phi) is 3.67. The first-order chi connectivity index (χ1) is 11.0. The van der Waals surface area contributed by atoms with Crippen molar-refractivity contribution in [1.29, 1.82) is 0 Å². The zero-order chi connectivity index (χ0) is 17.9. The van der Waals surface area contributed by atoms with Crippen LogP contribution >= 0.6 is 0 Å². The first kappa shape index (κ1) is 16.8. The fourth-order valence-electron chi connectivity index (χ4n) is 3.60. The summed E-state index contributed by atoms with van der Waals surface area (Å²) in [5.74, 6) is 0. The summed E-state index contributed by atoms with van der Waals surface area (Å²) >= 11 is 0. The molecule has 2 aromatic rings. The van der Waals surface area contributed by atoms with Gasteiger partial charge in [0.25, 0.3) is 0 Å². The second-order valence-corrected chi connectivity index (χ2v) is 8.62. The summed E-state index contributed by atoms with van der Waals surface area (Å²) in [4.78, 5) is 2.39. The van der Waals surface area contributed by atoms with Crippen LogP contribution in [-0.2, 0) is 11.0 Å². The molecule has 0 radical (unpaired) electrons. The maximum atomic E-state index is 4.43. The molecule has 126 valence electrons. The van der Waals surface area contributed by atoms with Crippen LogP contribution in [0.25, 0.3) is 5.70 Å². The van der Waals surface area contributed by atoms with E-state index in [1.807, 2.05) is 0 Å². The topological polar surface area (TPSA) is 3.24 Å². The van der Waals surface area contributed by atoms with Gasteiger partial charge < -0.3 is 4.90 Å². The van der Waals surface area contributed by atoms with E-state index in [0.29, 0.717) is 0 Å². The molecule has 0 unspecified atom stereocenters. The Labute approximate surface area is 147 Å². The highest BCUT2D eigenvalue weighted by Gasteiger charge is 2.43. The van der Waals surface area contributed by atoms with Gasteiger partial charge in [-0.3, -0.25) is 0 Å². The van der Waals surface area contributed by atoms with Gasteiger partial charge in [0.1, 0.15) is 0 Å². The lowest BCUT2D eigenvalue weighted by atomic mass is 9.77. The molecular formula is C23H29N. The average molecular weight is 319 g/mol. The number of fused-ring (bicyclic) bond motifs is 1. The van der Waals surface area contributed by atoms with Crippen molar-refractivity contribution in [2.75, 3.05) is 4.90 Å². The van der Waals surface area contributed by atoms with Crippen LogP contribution in [0.5, 0.6) is 0 Å². The highest BCUT2D eigenvalue weighted by atomic mass is 15.3. The van der Waals surface area contributed by atoms with Gasteiger partial charge >= 0.3 is 0 Å². The Morgan fingerprint density at radius 1 is 0.958 bits per heavy atom. The minimum Gasteiger partial charge on any atom is -0.331 e. The van der Waals surface area contributed by atoms with Crippen LogP contribution in [0.3, 0.4) is 0 Å². The Morgan fingerprint density at radius 3 is 2.21 bits per heavy atom. The minimum atomic E-state index is -0.0123. The number of aryl methyl sites for hydroxylation is 2. The smallest absolute Gasteiger partial charge is 0.0666 e. The molecule has 1 heteroatoms. The molecule has 24 heavy (non-hydrogen) atoms. The summed E-state index contributed by atoms with van der Waals surface area (Å²) in [5.41, 5.74) is 9.15. The van der Waals surface area contributed by atoms with Crippen LogP contribution in [0.2, 0.25) is 0 Å². The molecule has 0 atom stereocenters. The van der Waals surface area contributed by atoms with Crippen LogP contribution in [-0.4, -0.2) is 0 Å². The normalized spacial score (nSPS) is 15.7. The molecule has 0 aromatic heterocycles. The van der Waals surface area contributed by atoms with E-state index in [2.05, 4.69) is 96.3 Å². The molecule has 0 saturated carbocycles. The molecule has 0 bridgehead atoms. The predicted molar refractivity (Wildman–Crippen MR) is 106 cm³/mol. The lowest BCUT2D eigenvalue weighted by Gasteiger charge is -2.53. The predicted octanol–water partition coefficient (Wildman–Crippen LogP) is 6.33. The molecule has 0 N–H and O–H groups in total. The SMILES string of the molecule is C=C(c1ccc(C)c(C)c1)N1c2cc(C(C)(C)C)ccc2C1(C)C. The quantitative estimate of drug-likeness (QED) is 0.625. The molecule has 3 rings (SSSR count). The van der Waals surface area contributed by atoms with Crippen molar-refractivity contribution in [3.63, 3.8) is 0 Å². The van der Waals surface area contributed by atoms with Gasteiger partial charge in [0.2, 0.25) is 0 Å². The molecule has 1 aliphatic heterocycles. The second kappa shape index (κ2) is 5.24. The molecular weight excluding hydrogens is 290 g/mol. The summed E-state index contributed by atoms with van der Waals surface area (Å²) in [6, 6.07) is 13.5. The summed E-state index contributed by atoms with van der Waals surface area (Å²) in [7, 11) is 0. The molecule has 1 nitrogen and oxygen atoms in total. The van der Waals surface area contributed by atoms with E-state index in [4.69, 9.17) is 0 Å². The van der Waals surface area contributed by atoms with Gasteiger partial charge in [0.05, 0.1) is 5.54 Å². The summed E-state index contributed by atoms with van der Waals surface area (Å²) in [5, 5.41) is 0. The lowest BCUT2D eigenvalue weighted by molar-refractivity contribution is 0.485. The highest BCUT2D eigenvalue weighted by molar-refractivity contribution is 5.88. The number of benzene rings is 2. The van der Waals surface area contributed by atoms with Gasteiger partial charge in [-0.1, -0.05) is 51.6 Å². The number of hydrogen-bond donors (Lipinski definition) is 0. The molecule has 1 heterocycles. The van der Waals surface area contributed by atoms with E-state index in [9.17, 15) is 0 Å². The van der Waals surface area contributed by atoms with Crippen LogP contribution in [0, 0.1) is 13.8 Å². The first-order valence-electron chi connectivity index (χ1n) is 8.75. The molecule has 0 aliphatic carbocycles. The Balaban J connectivity index is 2.05. The third kappa shape index (κ3) is 2.47. The van der Waals surface area contributed by atoms with Crippen LogP contribution in [0.4, 0.5) is 5.69 Å². The van der Waals surface area contributed by atoms with Crippen molar-refractivity contribution in [1.82, 2.24) is 0 Å². The van der Waals surface area contributed by atoms with Gasteiger partial charge in [0.15, 0.2) is 0 Å². The van der Waals surface area contributed by atoms with E-state index >= 15 is 0 Å². The third-order valence-corrected chi connectivity index (χ3v) is 5.43. The lowest BCUT2D eigenvalue weighted by Crippen LogP contribution is -2.49. The Hall–Kier alpha value is -2.02. The van der Waals surface area contributed by atoms with Crippen molar-refractivity contribution in [2.24, 2.45) is 0 Å². The number of nitrogens with zero attached hydrogens (tertiary/aromatic N) is 1. The van der Waals surface area contributed by atoms with Crippen LogP contribution < -0.4 is 4.90 Å². The fourth-order valence-corrected chi connectivity index (χ4v) is 3.60. The van der Waals surface area contributed by atoms with Gasteiger partial charge in [-0.15, -0.1) is 0 Å². The molecule has 0 saturated heterocycles. The summed E-state index contributed by atoms with van der Waals surface area (Å²) in [6.07, 6.45) is 0. The first-order valence-corrected chi connectivity index (χ1v) is 8.75. The number of hydrogen-bond acceptors (Lipinski definition) is 1. The molecule has 0 spiro atoms. The number of rotatable bonds is 2. The molecule has 1 aliphatic rings. The van der Waals surface area contributed by atoms with Crippen LogP contribution in [0.1, 0.15) is 62.4 Å². The van der Waals surface area contributed by atoms with Gasteiger partial charge in [-0.05, 0) is 67.5 Å². The van der Waals surface area contributed by atoms with Crippen molar-refractivity contribution in [3.8, 4) is 0 Å². The van der Waals surface area contributed by atoms with E-state index in [0.717, 1.165) is 5.70 Å². The molecule has 0 fully saturated rings. The Morgan fingerprint density at radius 2 is 1.62 bits per heavy atom. The largest absolute Gasteiger partial charge is 0.331 e. The minimum absolute atomic E-state index is 0.0123. The van der Waals surface area contributed by atoms with Gasteiger partial charge in [-0.2, -0.15) is 0 Å². The molecule has 2 aromatic carbocycles. The third-order valence-electron chi connectivity index (χ3n) is 5.43. The van der Waals surface area contributed by atoms with Gasteiger partial charge in [0, 0.05) is 16.9 Å². The summed E-state index contributed by atoms with van der Waals surface area (Å²) < 4.78 is 0.